The Morgan fingerprint density at radius 2 is 1.83 bits per heavy atom. The highest BCUT2D eigenvalue weighted by Gasteiger charge is 2.43. The Balaban J connectivity index is 2.15. The fraction of sp³-hybridized carbons (Fsp3) is 0.600. The molecule has 0 spiro atoms. The van der Waals surface area contributed by atoms with E-state index in [0.717, 1.165) is 19.4 Å². The minimum absolute atomic E-state index is 0.0754. The summed E-state index contributed by atoms with van der Waals surface area (Å²) < 4.78 is 27.5. The molecule has 1 nitrogen and oxygen atoms in total. The molecule has 1 aromatic rings. The largest absolute Gasteiger partial charge is 0.319 e. The molecule has 0 heterocycles. The fourth-order valence-corrected chi connectivity index (χ4v) is 2.58. The Bertz CT molecular complexity index is 366. The van der Waals surface area contributed by atoms with Gasteiger partial charge in [-0.1, -0.05) is 37.6 Å². The Labute approximate surface area is 108 Å². The second kappa shape index (κ2) is 4.96. The number of benzene rings is 1. The predicted octanol–water partition coefficient (Wildman–Crippen LogP) is 3.83. The van der Waals surface area contributed by atoms with Crippen molar-refractivity contribution in [3.8, 4) is 0 Å². The second-order valence-corrected chi connectivity index (χ2v) is 5.34. The van der Waals surface area contributed by atoms with E-state index in [0.29, 0.717) is 6.42 Å². The predicted molar refractivity (Wildman–Crippen MR) is 70.1 cm³/mol. The number of nitrogens with one attached hydrogen (secondary N) is 1. The molecular formula is C15H21F2N. The van der Waals surface area contributed by atoms with E-state index in [1.807, 2.05) is 19.2 Å². The Morgan fingerprint density at radius 1 is 1.22 bits per heavy atom. The van der Waals surface area contributed by atoms with Crippen LogP contribution >= 0.6 is 0 Å². The normalized spacial score (nSPS) is 17.8. The molecule has 0 bridgehead atoms. The zero-order valence-electron chi connectivity index (χ0n) is 11.1. The van der Waals surface area contributed by atoms with Crippen molar-refractivity contribution in [1.82, 2.24) is 5.32 Å². The second-order valence-electron chi connectivity index (χ2n) is 5.34. The lowest BCUT2D eigenvalue weighted by molar-refractivity contribution is -0.0140. The molecule has 1 saturated carbocycles. The smallest absolute Gasteiger partial charge is 0.273 e. The van der Waals surface area contributed by atoms with Crippen LogP contribution in [0.5, 0.6) is 0 Å². The molecule has 1 aromatic carbocycles. The molecule has 0 atom stereocenters. The summed E-state index contributed by atoms with van der Waals surface area (Å²) in [6, 6.07) is 6.95. The first kappa shape index (κ1) is 13.5. The van der Waals surface area contributed by atoms with Gasteiger partial charge in [0, 0.05) is 23.9 Å². The average molecular weight is 253 g/mol. The molecule has 1 fully saturated rings. The van der Waals surface area contributed by atoms with Crippen LogP contribution < -0.4 is 5.32 Å². The molecule has 1 aliphatic carbocycles. The van der Waals surface area contributed by atoms with E-state index in [-0.39, 0.29) is 17.4 Å². The minimum Gasteiger partial charge on any atom is -0.319 e. The van der Waals surface area contributed by atoms with Gasteiger partial charge in [-0.25, -0.2) is 8.78 Å². The van der Waals surface area contributed by atoms with Crippen molar-refractivity contribution >= 4 is 0 Å². The van der Waals surface area contributed by atoms with E-state index < -0.39 is 5.92 Å². The van der Waals surface area contributed by atoms with Crippen LogP contribution in [0.1, 0.15) is 43.7 Å². The standard InChI is InChI=1S/C15H21F2N/c1-3-8-15(16,17)13-6-4-12(5-7-13)14(9-10-14)11-18-2/h4-7,18H,3,8-11H2,1-2H3. The van der Waals surface area contributed by atoms with Crippen molar-refractivity contribution in [3.05, 3.63) is 35.4 Å². The SMILES string of the molecule is CCCC(F)(F)c1ccc(C2(CNC)CC2)cc1. The first-order valence-electron chi connectivity index (χ1n) is 6.67. The summed E-state index contributed by atoms with van der Waals surface area (Å²) in [6.07, 6.45) is 2.73. The van der Waals surface area contributed by atoms with Crippen molar-refractivity contribution in [2.45, 2.75) is 43.9 Å². The highest BCUT2D eigenvalue weighted by Crippen LogP contribution is 2.48. The Morgan fingerprint density at radius 3 is 2.28 bits per heavy atom. The lowest BCUT2D eigenvalue weighted by Gasteiger charge is -2.19. The quantitative estimate of drug-likeness (QED) is 0.812. The van der Waals surface area contributed by atoms with Crippen LogP contribution in [0.25, 0.3) is 0 Å². The lowest BCUT2D eigenvalue weighted by atomic mass is 9.93. The molecule has 100 valence electrons. The van der Waals surface area contributed by atoms with Crippen molar-refractivity contribution in [1.29, 1.82) is 0 Å². The molecular weight excluding hydrogens is 232 g/mol. The summed E-state index contributed by atoms with van der Waals surface area (Å²) in [5.74, 6) is -2.69. The molecule has 2 rings (SSSR count). The maximum Gasteiger partial charge on any atom is 0.273 e. The molecule has 1 aliphatic rings. The topological polar surface area (TPSA) is 12.0 Å². The molecule has 0 radical (unpaired) electrons. The van der Waals surface area contributed by atoms with Crippen LogP contribution in [0.3, 0.4) is 0 Å². The zero-order chi connectivity index (χ0) is 13.2. The van der Waals surface area contributed by atoms with E-state index in [4.69, 9.17) is 0 Å². The van der Waals surface area contributed by atoms with Gasteiger partial charge in [0.2, 0.25) is 0 Å². The third-order valence-electron chi connectivity index (χ3n) is 3.85. The molecule has 0 aromatic heterocycles. The molecule has 0 unspecified atom stereocenters. The van der Waals surface area contributed by atoms with Crippen LogP contribution in [0.2, 0.25) is 0 Å². The first-order chi connectivity index (χ1) is 8.54. The summed E-state index contributed by atoms with van der Waals surface area (Å²) in [5, 5.41) is 3.19. The highest BCUT2D eigenvalue weighted by molar-refractivity contribution is 5.35. The third kappa shape index (κ3) is 2.56. The van der Waals surface area contributed by atoms with E-state index in [1.165, 1.54) is 5.56 Å². The molecule has 0 aliphatic heterocycles. The zero-order valence-corrected chi connectivity index (χ0v) is 11.1. The van der Waals surface area contributed by atoms with Gasteiger partial charge in [-0.3, -0.25) is 0 Å². The van der Waals surface area contributed by atoms with Gasteiger partial charge in [-0.15, -0.1) is 0 Å². The van der Waals surface area contributed by atoms with Crippen LogP contribution in [0, 0.1) is 0 Å². The number of alkyl halides is 2. The van der Waals surface area contributed by atoms with Gasteiger partial charge >= 0.3 is 0 Å². The molecule has 0 saturated heterocycles. The molecule has 3 heteroatoms. The van der Waals surface area contributed by atoms with Crippen molar-refractivity contribution < 1.29 is 8.78 Å². The van der Waals surface area contributed by atoms with Gasteiger partial charge in [0.1, 0.15) is 0 Å². The Hall–Kier alpha value is -0.960. The number of hydrogen-bond donors (Lipinski definition) is 1. The first-order valence-corrected chi connectivity index (χ1v) is 6.67. The number of hydrogen-bond acceptors (Lipinski definition) is 1. The maximum atomic E-state index is 13.7. The monoisotopic (exact) mass is 253 g/mol. The van der Waals surface area contributed by atoms with Crippen LogP contribution in [-0.2, 0) is 11.3 Å². The van der Waals surface area contributed by atoms with Gasteiger partial charge < -0.3 is 5.32 Å². The van der Waals surface area contributed by atoms with E-state index in [2.05, 4.69) is 5.32 Å². The molecule has 0 amide bonds. The van der Waals surface area contributed by atoms with Gasteiger partial charge in [-0.2, -0.15) is 0 Å². The van der Waals surface area contributed by atoms with Gasteiger partial charge in [-0.05, 0) is 25.5 Å². The van der Waals surface area contributed by atoms with Crippen LogP contribution in [0.15, 0.2) is 24.3 Å². The molecule has 1 N–H and O–H groups in total. The maximum absolute atomic E-state index is 13.7. The van der Waals surface area contributed by atoms with Crippen LogP contribution in [0.4, 0.5) is 8.78 Å². The summed E-state index contributed by atoms with van der Waals surface area (Å²) in [4.78, 5) is 0. The number of likely N-dealkylation sites (N-methyl/N-ethyl adjacent to an activating group) is 1. The average Bonchev–Trinajstić information content (AvgIpc) is 3.11. The summed E-state index contributed by atoms with van der Waals surface area (Å²) in [5.41, 5.74) is 1.54. The summed E-state index contributed by atoms with van der Waals surface area (Å²) in [7, 11) is 1.93. The third-order valence-corrected chi connectivity index (χ3v) is 3.85. The van der Waals surface area contributed by atoms with E-state index in [1.54, 1.807) is 19.1 Å². The van der Waals surface area contributed by atoms with E-state index in [9.17, 15) is 8.78 Å². The summed E-state index contributed by atoms with van der Waals surface area (Å²) >= 11 is 0. The van der Waals surface area contributed by atoms with Gasteiger partial charge in [0.15, 0.2) is 0 Å². The lowest BCUT2D eigenvalue weighted by Crippen LogP contribution is -2.23. The minimum atomic E-state index is -2.69. The van der Waals surface area contributed by atoms with Crippen molar-refractivity contribution in [2.75, 3.05) is 13.6 Å². The number of halogens is 2. The fourth-order valence-electron chi connectivity index (χ4n) is 2.58. The van der Waals surface area contributed by atoms with Crippen molar-refractivity contribution in [3.63, 3.8) is 0 Å². The number of rotatable bonds is 6. The van der Waals surface area contributed by atoms with Gasteiger partial charge in [0.25, 0.3) is 5.92 Å². The summed E-state index contributed by atoms with van der Waals surface area (Å²) in [6.45, 7) is 2.71. The van der Waals surface area contributed by atoms with E-state index >= 15 is 0 Å². The Kier molecular flexibility index (Phi) is 3.71. The van der Waals surface area contributed by atoms with Gasteiger partial charge in [0.05, 0.1) is 0 Å². The molecule has 18 heavy (non-hydrogen) atoms. The highest BCUT2D eigenvalue weighted by atomic mass is 19.3. The van der Waals surface area contributed by atoms with Crippen LogP contribution in [-0.4, -0.2) is 13.6 Å². The van der Waals surface area contributed by atoms with Crippen molar-refractivity contribution in [2.24, 2.45) is 0 Å².